The SMILES string of the molecule is COc1ccc(/N=N\c2cc(OC)c(OC)c(OC)c2)cc1O. The highest BCUT2D eigenvalue weighted by molar-refractivity contribution is 5.60. The summed E-state index contributed by atoms with van der Waals surface area (Å²) in [5.74, 6) is 1.82. The molecule has 0 radical (unpaired) electrons. The predicted octanol–water partition coefficient (Wildman–Crippen LogP) is 3.84. The van der Waals surface area contributed by atoms with Crippen LogP contribution in [0.5, 0.6) is 28.7 Å². The van der Waals surface area contributed by atoms with Crippen molar-refractivity contribution in [2.45, 2.75) is 0 Å². The van der Waals surface area contributed by atoms with Gasteiger partial charge in [-0.25, -0.2) is 0 Å². The van der Waals surface area contributed by atoms with E-state index in [1.54, 1.807) is 24.3 Å². The molecule has 0 bridgehead atoms. The maximum absolute atomic E-state index is 9.74. The van der Waals surface area contributed by atoms with E-state index < -0.39 is 0 Å². The van der Waals surface area contributed by atoms with E-state index in [2.05, 4.69) is 10.2 Å². The molecule has 0 saturated carbocycles. The minimum absolute atomic E-state index is 0.00570. The van der Waals surface area contributed by atoms with Gasteiger partial charge in [-0.15, -0.1) is 0 Å². The van der Waals surface area contributed by atoms with Crippen molar-refractivity contribution < 1.29 is 24.1 Å². The highest BCUT2D eigenvalue weighted by atomic mass is 16.5. The van der Waals surface area contributed by atoms with Gasteiger partial charge in [-0.3, -0.25) is 0 Å². The van der Waals surface area contributed by atoms with Gasteiger partial charge in [0.05, 0.1) is 39.8 Å². The van der Waals surface area contributed by atoms with E-state index in [1.807, 2.05) is 0 Å². The minimum atomic E-state index is -0.00570. The van der Waals surface area contributed by atoms with Crippen molar-refractivity contribution in [1.82, 2.24) is 0 Å². The van der Waals surface area contributed by atoms with E-state index in [0.29, 0.717) is 34.4 Å². The molecule has 0 aliphatic rings. The van der Waals surface area contributed by atoms with Gasteiger partial charge in [0.2, 0.25) is 5.75 Å². The molecule has 0 saturated heterocycles. The van der Waals surface area contributed by atoms with Gasteiger partial charge in [0.15, 0.2) is 23.0 Å². The average Bonchev–Trinajstić information content (AvgIpc) is 2.58. The summed E-state index contributed by atoms with van der Waals surface area (Å²) in [5.41, 5.74) is 1.01. The number of azo groups is 1. The van der Waals surface area contributed by atoms with Crippen LogP contribution in [0.3, 0.4) is 0 Å². The Morgan fingerprint density at radius 2 is 1.26 bits per heavy atom. The molecule has 0 spiro atoms. The Bertz CT molecular complexity index is 691. The smallest absolute Gasteiger partial charge is 0.203 e. The van der Waals surface area contributed by atoms with Crippen molar-refractivity contribution in [3.63, 3.8) is 0 Å². The molecule has 122 valence electrons. The first kappa shape index (κ1) is 16.4. The standard InChI is InChI=1S/C16H18N2O5/c1-20-13-6-5-10(7-12(13)19)17-18-11-8-14(21-2)16(23-4)15(9-11)22-3/h5-9,19H,1-4H3/b18-17-. The first-order chi connectivity index (χ1) is 11.1. The van der Waals surface area contributed by atoms with E-state index in [4.69, 9.17) is 18.9 Å². The Labute approximate surface area is 134 Å². The fraction of sp³-hybridized carbons (Fsp3) is 0.250. The van der Waals surface area contributed by atoms with E-state index in [1.165, 1.54) is 34.5 Å². The molecular formula is C16H18N2O5. The molecule has 0 heterocycles. The zero-order valence-electron chi connectivity index (χ0n) is 13.4. The average molecular weight is 318 g/mol. The van der Waals surface area contributed by atoms with Crippen LogP contribution >= 0.6 is 0 Å². The molecule has 1 N–H and O–H groups in total. The van der Waals surface area contributed by atoms with Gasteiger partial charge in [0.25, 0.3) is 0 Å². The Hall–Kier alpha value is -2.96. The summed E-state index contributed by atoms with van der Waals surface area (Å²) < 4.78 is 20.7. The molecule has 7 nitrogen and oxygen atoms in total. The summed E-state index contributed by atoms with van der Waals surface area (Å²) in [6.45, 7) is 0. The van der Waals surface area contributed by atoms with Crippen LogP contribution in [-0.2, 0) is 0 Å². The zero-order chi connectivity index (χ0) is 16.8. The Balaban J connectivity index is 2.34. The number of phenols is 1. The summed E-state index contributed by atoms with van der Waals surface area (Å²) in [6, 6.07) is 8.10. The third kappa shape index (κ3) is 3.63. The van der Waals surface area contributed by atoms with E-state index >= 15 is 0 Å². The third-order valence-corrected chi connectivity index (χ3v) is 3.09. The first-order valence-electron chi connectivity index (χ1n) is 6.71. The summed E-state index contributed by atoms with van der Waals surface area (Å²) in [6.07, 6.45) is 0. The zero-order valence-corrected chi connectivity index (χ0v) is 13.4. The molecule has 2 aromatic carbocycles. The normalized spacial score (nSPS) is 10.6. The number of hydrogen-bond donors (Lipinski definition) is 1. The number of aromatic hydroxyl groups is 1. The molecule has 2 aromatic rings. The molecule has 0 fully saturated rings. The number of nitrogens with zero attached hydrogens (tertiary/aromatic N) is 2. The van der Waals surface area contributed by atoms with Gasteiger partial charge in [-0.2, -0.15) is 10.2 Å². The molecule has 0 aliphatic heterocycles. The topological polar surface area (TPSA) is 81.9 Å². The maximum Gasteiger partial charge on any atom is 0.203 e. The van der Waals surface area contributed by atoms with Crippen LogP contribution in [0, 0.1) is 0 Å². The fourth-order valence-electron chi connectivity index (χ4n) is 1.98. The van der Waals surface area contributed by atoms with Crippen LogP contribution in [0.15, 0.2) is 40.6 Å². The van der Waals surface area contributed by atoms with Crippen LogP contribution in [0.25, 0.3) is 0 Å². The van der Waals surface area contributed by atoms with E-state index in [0.717, 1.165) is 0 Å². The van der Waals surface area contributed by atoms with Gasteiger partial charge in [0, 0.05) is 18.2 Å². The van der Waals surface area contributed by atoms with E-state index in [9.17, 15) is 5.11 Å². The fourth-order valence-corrected chi connectivity index (χ4v) is 1.98. The second-order valence-electron chi connectivity index (χ2n) is 4.44. The van der Waals surface area contributed by atoms with Crippen molar-refractivity contribution in [3.8, 4) is 28.7 Å². The number of methoxy groups -OCH3 is 4. The molecule has 2 rings (SSSR count). The van der Waals surface area contributed by atoms with Crippen molar-refractivity contribution in [1.29, 1.82) is 0 Å². The summed E-state index contributed by atoms with van der Waals surface area (Å²) in [5, 5.41) is 17.9. The van der Waals surface area contributed by atoms with Gasteiger partial charge in [0.1, 0.15) is 0 Å². The number of hydrogen-bond acceptors (Lipinski definition) is 7. The highest BCUT2D eigenvalue weighted by Crippen LogP contribution is 2.41. The second kappa shape index (κ2) is 7.35. The molecule has 0 aliphatic carbocycles. The van der Waals surface area contributed by atoms with Crippen molar-refractivity contribution in [2.75, 3.05) is 28.4 Å². The van der Waals surface area contributed by atoms with Crippen LogP contribution in [0.1, 0.15) is 0 Å². The molecule has 23 heavy (non-hydrogen) atoms. The third-order valence-electron chi connectivity index (χ3n) is 3.09. The maximum atomic E-state index is 9.74. The summed E-state index contributed by atoms with van der Waals surface area (Å²) >= 11 is 0. The van der Waals surface area contributed by atoms with Gasteiger partial charge in [-0.05, 0) is 12.1 Å². The number of rotatable bonds is 6. The molecule has 0 aromatic heterocycles. The lowest BCUT2D eigenvalue weighted by Gasteiger charge is -2.12. The number of ether oxygens (including phenoxy) is 4. The Kier molecular flexibility index (Phi) is 5.24. The van der Waals surface area contributed by atoms with E-state index in [-0.39, 0.29) is 5.75 Å². The molecule has 0 unspecified atom stereocenters. The first-order valence-corrected chi connectivity index (χ1v) is 6.71. The Morgan fingerprint density at radius 1 is 0.696 bits per heavy atom. The lowest BCUT2D eigenvalue weighted by Crippen LogP contribution is -1.94. The quantitative estimate of drug-likeness (QED) is 0.818. The van der Waals surface area contributed by atoms with Crippen molar-refractivity contribution in [2.24, 2.45) is 10.2 Å². The number of phenolic OH excluding ortho intramolecular Hbond substituents is 1. The Morgan fingerprint density at radius 3 is 1.74 bits per heavy atom. The van der Waals surface area contributed by atoms with Gasteiger partial charge >= 0.3 is 0 Å². The lowest BCUT2D eigenvalue weighted by molar-refractivity contribution is 0.324. The molecule has 0 amide bonds. The van der Waals surface area contributed by atoms with Gasteiger partial charge < -0.3 is 24.1 Å². The lowest BCUT2D eigenvalue weighted by atomic mass is 10.2. The highest BCUT2D eigenvalue weighted by Gasteiger charge is 2.13. The monoisotopic (exact) mass is 318 g/mol. The van der Waals surface area contributed by atoms with Crippen molar-refractivity contribution >= 4 is 11.4 Å². The molecule has 7 heteroatoms. The van der Waals surface area contributed by atoms with Crippen LogP contribution < -0.4 is 18.9 Å². The summed E-state index contributed by atoms with van der Waals surface area (Å²) in [4.78, 5) is 0. The van der Waals surface area contributed by atoms with Crippen LogP contribution in [0.4, 0.5) is 11.4 Å². The summed E-state index contributed by atoms with van der Waals surface area (Å²) in [7, 11) is 6.06. The minimum Gasteiger partial charge on any atom is -0.504 e. The largest absolute Gasteiger partial charge is 0.504 e. The van der Waals surface area contributed by atoms with Crippen LogP contribution in [-0.4, -0.2) is 33.5 Å². The van der Waals surface area contributed by atoms with Crippen LogP contribution in [0.2, 0.25) is 0 Å². The molecular weight excluding hydrogens is 300 g/mol. The second-order valence-corrected chi connectivity index (χ2v) is 4.44. The number of benzene rings is 2. The molecule has 0 atom stereocenters. The van der Waals surface area contributed by atoms with Crippen molar-refractivity contribution in [3.05, 3.63) is 30.3 Å². The predicted molar refractivity (Wildman–Crippen MR) is 84.9 cm³/mol. The van der Waals surface area contributed by atoms with Gasteiger partial charge in [-0.1, -0.05) is 0 Å².